The summed E-state index contributed by atoms with van der Waals surface area (Å²) in [5.41, 5.74) is 1.42. The normalized spacial score (nSPS) is 15.3. The lowest BCUT2D eigenvalue weighted by molar-refractivity contribution is -0.119. The minimum absolute atomic E-state index is 0.146. The van der Waals surface area contributed by atoms with Crippen molar-refractivity contribution in [1.29, 1.82) is 5.26 Å². The lowest BCUT2D eigenvalue weighted by Crippen LogP contribution is -2.45. The van der Waals surface area contributed by atoms with E-state index in [1.54, 1.807) is 7.11 Å². The number of carbonyl (C=O) groups excluding carboxylic acids is 1. The maximum atomic E-state index is 12.4. The third-order valence-electron chi connectivity index (χ3n) is 4.89. The second kappa shape index (κ2) is 9.22. The molecule has 28 heavy (non-hydrogen) atoms. The molecule has 0 aliphatic heterocycles. The minimum Gasteiger partial charge on any atom is -0.383 e. The zero-order chi connectivity index (χ0) is 20.0. The Morgan fingerprint density at radius 1 is 1.39 bits per heavy atom. The molecule has 0 bridgehead atoms. The third-order valence-corrected chi connectivity index (χ3v) is 5.86. The van der Waals surface area contributed by atoms with E-state index in [0.717, 1.165) is 42.6 Å². The molecule has 7 nitrogen and oxygen atoms in total. The number of carbonyl (C=O) groups is 1. The van der Waals surface area contributed by atoms with Crippen LogP contribution in [0.15, 0.2) is 29.4 Å². The maximum absolute atomic E-state index is 12.4. The van der Waals surface area contributed by atoms with Crippen LogP contribution in [-0.2, 0) is 16.1 Å². The first-order valence-corrected chi connectivity index (χ1v) is 10.4. The molecule has 1 aromatic carbocycles. The molecular formula is C20H25N5O2S. The van der Waals surface area contributed by atoms with Crippen LogP contribution < -0.4 is 5.32 Å². The van der Waals surface area contributed by atoms with Gasteiger partial charge in [-0.3, -0.25) is 9.36 Å². The quantitative estimate of drug-likeness (QED) is 0.686. The molecule has 1 aromatic heterocycles. The molecule has 1 fully saturated rings. The van der Waals surface area contributed by atoms with E-state index in [1.165, 1.54) is 11.8 Å². The average Bonchev–Trinajstić information content (AvgIpc) is 3.32. The van der Waals surface area contributed by atoms with Crippen molar-refractivity contribution < 1.29 is 9.53 Å². The SMILES string of the molecule is COCCn1c(SCC(=O)NC2(C#N)CCCC2)nnc1-c1cccc(C)c1. The summed E-state index contributed by atoms with van der Waals surface area (Å²) in [6.45, 7) is 3.15. The van der Waals surface area contributed by atoms with Gasteiger partial charge >= 0.3 is 0 Å². The largest absolute Gasteiger partial charge is 0.383 e. The van der Waals surface area contributed by atoms with Crippen LogP contribution in [0, 0.1) is 18.3 Å². The number of aryl methyl sites for hydroxylation is 1. The molecule has 1 saturated carbocycles. The van der Waals surface area contributed by atoms with Gasteiger partial charge in [-0.15, -0.1) is 10.2 Å². The van der Waals surface area contributed by atoms with Crippen molar-refractivity contribution in [3.05, 3.63) is 29.8 Å². The van der Waals surface area contributed by atoms with Crippen molar-refractivity contribution in [3.8, 4) is 17.5 Å². The van der Waals surface area contributed by atoms with Crippen LogP contribution in [-0.4, -0.2) is 45.7 Å². The predicted molar refractivity (Wildman–Crippen MR) is 108 cm³/mol. The van der Waals surface area contributed by atoms with Gasteiger partial charge < -0.3 is 10.1 Å². The number of methoxy groups -OCH3 is 1. The molecule has 148 valence electrons. The first-order valence-electron chi connectivity index (χ1n) is 9.41. The van der Waals surface area contributed by atoms with Gasteiger partial charge in [-0.2, -0.15) is 5.26 Å². The van der Waals surface area contributed by atoms with Gasteiger partial charge in [-0.05, 0) is 38.7 Å². The van der Waals surface area contributed by atoms with Crippen LogP contribution >= 0.6 is 11.8 Å². The second-order valence-corrected chi connectivity index (χ2v) is 8.00. The van der Waals surface area contributed by atoms with Gasteiger partial charge in [0.15, 0.2) is 11.0 Å². The van der Waals surface area contributed by atoms with Crippen molar-refractivity contribution in [2.24, 2.45) is 0 Å². The molecule has 1 aliphatic carbocycles. The van der Waals surface area contributed by atoms with Crippen LogP contribution in [0.1, 0.15) is 31.2 Å². The first-order chi connectivity index (χ1) is 13.6. The van der Waals surface area contributed by atoms with Crippen molar-refractivity contribution >= 4 is 17.7 Å². The molecule has 1 aliphatic rings. The van der Waals surface area contributed by atoms with Gasteiger partial charge in [0.25, 0.3) is 0 Å². The Hall–Kier alpha value is -2.37. The highest BCUT2D eigenvalue weighted by molar-refractivity contribution is 7.99. The summed E-state index contributed by atoms with van der Waals surface area (Å²) in [4.78, 5) is 12.4. The number of nitrogens with zero attached hydrogens (tertiary/aromatic N) is 4. The lowest BCUT2D eigenvalue weighted by atomic mass is 10.0. The Morgan fingerprint density at radius 3 is 2.86 bits per heavy atom. The van der Waals surface area contributed by atoms with Gasteiger partial charge in [0.05, 0.1) is 25.0 Å². The molecule has 0 unspecified atom stereocenters. The molecule has 0 atom stereocenters. The molecule has 0 saturated heterocycles. The smallest absolute Gasteiger partial charge is 0.231 e. The predicted octanol–water partition coefficient (Wildman–Crippen LogP) is 2.94. The highest BCUT2D eigenvalue weighted by Crippen LogP contribution is 2.29. The molecule has 1 N–H and O–H groups in total. The van der Waals surface area contributed by atoms with E-state index >= 15 is 0 Å². The van der Waals surface area contributed by atoms with Crippen LogP contribution in [0.4, 0.5) is 0 Å². The zero-order valence-corrected chi connectivity index (χ0v) is 17.1. The summed E-state index contributed by atoms with van der Waals surface area (Å²) in [6.07, 6.45) is 3.40. The summed E-state index contributed by atoms with van der Waals surface area (Å²) < 4.78 is 7.20. The van der Waals surface area contributed by atoms with E-state index in [9.17, 15) is 10.1 Å². The summed E-state index contributed by atoms with van der Waals surface area (Å²) >= 11 is 1.33. The fourth-order valence-corrected chi connectivity index (χ4v) is 4.22. The standard InChI is InChI=1S/C20H25N5O2S/c1-15-6-5-7-16(12-15)18-23-24-19(25(18)10-11-27-2)28-13-17(26)22-20(14-21)8-3-4-9-20/h5-7,12H,3-4,8-11,13H2,1-2H3,(H,22,26). The van der Waals surface area contributed by atoms with E-state index in [-0.39, 0.29) is 11.7 Å². The number of thioether (sulfide) groups is 1. The Bertz CT molecular complexity index is 868. The summed E-state index contributed by atoms with van der Waals surface area (Å²) in [5.74, 6) is 0.808. The zero-order valence-electron chi connectivity index (χ0n) is 16.3. The summed E-state index contributed by atoms with van der Waals surface area (Å²) in [5, 5.41) is 21.7. The van der Waals surface area contributed by atoms with E-state index in [0.29, 0.717) is 18.3 Å². The fraction of sp³-hybridized carbons (Fsp3) is 0.500. The highest BCUT2D eigenvalue weighted by atomic mass is 32.2. The van der Waals surface area contributed by atoms with Gasteiger partial charge in [-0.1, -0.05) is 35.5 Å². The molecular weight excluding hydrogens is 374 g/mol. The van der Waals surface area contributed by atoms with Crippen LogP contribution in [0.2, 0.25) is 0 Å². The lowest BCUT2D eigenvalue weighted by Gasteiger charge is -2.21. The van der Waals surface area contributed by atoms with Crippen molar-refractivity contribution in [3.63, 3.8) is 0 Å². The monoisotopic (exact) mass is 399 g/mol. The van der Waals surface area contributed by atoms with Gasteiger partial charge in [-0.25, -0.2) is 0 Å². The molecule has 8 heteroatoms. The van der Waals surface area contributed by atoms with E-state index in [4.69, 9.17) is 4.74 Å². The Balaban J connectivity index is 1.72. The second-order valence-electron chi connectivity index (χ2n) is 7.06. The molecule has 0 spiro atoms. The molecule has 1 heterocycles. The number of rotatable bonds is 8. The van der Waals surface area contributed by atoms with Crippen molar-refractivity contribution in [1.82, 2.24) is 20.1 Å². The van der Waals surface area contributed by atoms with Gasteiger partial charge in [0.1, 0.15) is 5.54 Å². The number of hydrogen-bond donors (Lipinski definition) is 1. The number of benzene rings is 1. The maximum Gasteiger partial charge on any atom is 0.231 e. The van der Waals surface area contributed by atoms with E-state index < -0.39 is 5.54 Å². The first kappa shape index (κ1) is 20.4. The molecule has 2 aromatic rings. The van der Waals surface area contributed by atoms with E-state index in [1.807, 2.05) is 29.7 Å². The van der Waals surface area contributed by atoms with Gasteiger partial charge in [0.2, 0.25) is 5.91 Å². The molecule has 1 amide bonds. The Morgan fingerprint density at radius 2 is 2.18 bits per heavy atom. The van der Waals surface area contributed by atoms with Crippen LogP contribution in [0.3, 0.4) is 0 Å². The van der Waals surface area contributed by atoms with Crippen LogP contribution in [0.5, 0.6) is 0 Å². The number of hydrogen-bond acceptors (Lipinski definition) is 6. The number of ether oxygens (including phenoxy) is 1. The number of nitrogens with one attached hydrogen (secondary N) is 1. The van der Waals surface area contributed by atoms with Crippen molar-refractivity contribution in [2.75, 3.05) is 19.5 Å². The highest BCUT2D eigenvalue weighted by Gasteiger charge is 2.35. The van der Waals surface area contributed by atoms with Crippen LogP contribution in [0.25, 0.3) is 11.4 Å². The third kappa shape index (κ3) is 4.72. The Kier molecular flexibility index (Phi) is 6.70. The topological polar surface area (TPSA) is 92.8 Å². The summed E-state index contributed by atoms with van der Waals surface area (Å²) in [7, 11) is 1.65. The Labute approximate surface area is 169 Å². The molecule has 0 radical (unpaired) electrons. The number of nitriles is 1. The van der Waals surface area contributed by atoms with E-state index in [2.05, 4.69) is 27.6 Å². The summed E-state index contributed by atoms with van der Waals surface area (Å²) in [6, 6.07) is 10.4. The fourth-order valence-electron chi connectivity index (χ4n) is 3.45. The average molecular weight is 400 g/mol. The molecule has 3 rings (SSSR count). The number of aromatic nitrogens is 3. The number of amides is 1. The minimum atomic E-state index is -0.700. The van der Waals surface area contributed by atoms with Crippen molar-refractivity contribution in [2.45, 2.75) is 49.8 Å². The van der Waals surface area contributed by atoms with Gasteiger partial charge in [0, 0.05) is 12.7 Å².